The number of hydrogen-bond donors (Lipinski definition) is 4. The summed E-state index contributed by atoms with van der Waals surface area (Å²) in [6, 6.07) is 6.57. The quantitative estimate of drug-likeness (QED) is 0.435. The SMILES string of the molecule is CC(C)C1(C(C)C)NC(=O)N(NC(O)Nc2ccc(Br)cc2)C1=O. The van der Waals surface area contributed by atoms with E-state index < -0.39 is 23.8 Å². The Balaban J connectivity index is 2.10. The first-order valence-corrected chi connectivity index (χ1v) is 8.60. The number of amides is 3. The van der Waals surface area contributed by atoms with Gasteiger partial charge in [-0.3, -0.25) is 4.79 Å². The Hall–Kier alpha value is -1.64. The number of halogens is 1. The van der Waals surface area contributed by atoms with Crippen LogP contribution in [0.15, 0.2) is 28.7 Å². The van der Waals surface area contributed by atoms with Crippen LogP contribution in [-0.4, -0.2) is 33.9 Å². The number of carbonyl (C=O) groups excluding carboxylic acids is 2. The molecule has 132 valence electrons. The lowest BCUT2D eigenvalue weighted by Gasteiger charge is -2.34. The number of benzene rings is 1. The predicted octanol–water partition coefficient (Wildman–Crippen LogP) is 2.24. The molecular weight excluding hydrogens is 376 g/mol. The van der Waals surface area contributed by atoms with Gasteiger partial charge in [0, 0.05) is 10.2 Å². The molecule has 0 saturated carbocycles. The van der Waals surface area contributed by atoms with E-state index in [0.29, 0.717) is 5.69 Å². The molecule has 2 rings (SSSR count). The fourth-order valence-corrected chi connectivity index (χ4v) is 3.25. The number of hydrogen-bond acceptors (Lipinski definition) is 5. The minimum Gasteiger partial charge on any atom is -0.360 e. The highest BCUT2D eigenvalue weighted by Gasteiger charge is 2.55. The summed E-state index contributed by atoms with van der Waals surface area (Å²) < 4.78 is 0.906. The lowest BCUT2D eigenvalue weighted by Crippen LogP contribution is -2.57. The normalized spacial score (nSPS) is 18.2. The Morgan fingerprint density at radius 2 is 1.67 bits per heavy atom. The number of rotatable bonds is 6. The van der Waals surface area contributed by atoms with E-state index in [1.165, 1.54) is 0 Å². The zero-order valence-electron chi connectivity index (χ0n) is 14.1. The van der Waals surface area contributed by atoms with Gasteiger partial charge in [0.15, 0.2) is 6.35 Å². The van der Waals surface area contributed by atoms with Crippen molar-refractivity contribution in [2.45, 2.75) is 39.6 Å². The third-order valence-electron chi connectivity index (χ3n) is 4.29. The van der Waals surface area contributed by atoms with Gasteiger partial charge in [-0.2, -0.15) is 10.4 Å². The molecule has 1 fully saturated rings. The predicted molar refractivity (Wildman–Crippen MR) is 94.7 cm³/mol. The first kappa shape index (κ1) is 18.7. The first-order chi connectivity index (χ1) is 11.2. The van der Waals surface area contributed by atoms with Crippen molar-refractivity contribution in [3.8, 4) is 0 Å². The number of carbonyl (C=O) groups is 2. The maximum Gasteiger partial charge on any atom is 0.340 e. The van der Waals surface area contributed by atoms with Gasteiger partial charge in [-0.25, -0.2) is 4.79 Å². The van der Waals surface area contributed by atoms with Gasteiger partial charge in [0.1, 0.15) is 5.54 Å². The van der Waals surface area contributed by atoms with Gasteiger partial charge in [0.25, 0.3) is 5.91 Å². The molecule has 0 spiro atoms. The van der Waals surface area contributed by atoms with E-state index in [9.17, 15) is 14.7 Å². The molecule has 8 heteroatoms. The molecule has 4 N–H and O–H groups in total. The maximum atomic E-state index is 12.8. The van der Waals surface area contributed by atoms with Gasteiger partial charge in [0.2, 0.25) is 0 Å². The molecule has 1 aliphatic heterocycles. The molecule has 1 aliphatic rings. The number of aliphatic hydroxyl groups is 1. The second-order valence-corrected chi connectivity index (χ2v) is 7.35. The molecule has 24 heavy (non-hydrogen) atoms. The van der Waals surface area contributed by atoms with E-state index in [1.807, 2.05) is 39.8 Å². The molecule has 1 saturated heterocycles. The number of anilines is 1. The van der Waals surface area contributed by atoms with Crippen molar-refractivity contribution in [3.05, 3.63) is 28.7 Å². The Labute approximate surface area is 149 Å². The fraction of sp³-hybridized carbons (Fsp3) is 0.500. The zero-order chi connectivity index (χ0) is 18.1. The van der Waals surface area contributed by atoms with Crippen LogP contribution in [0.4, 0.5) is 10.5 Å². The van der Waals surface area contributed by atoms with Crippen LogP contribution in [0, 0.1) is 11.8 Å². The van der Waals surface area contributed by atoms with Crippen LogP contribution in [0.3, 0.4) is 0 Å². The summed E-state index contributed by atoms with van der Waals surface area (Å²) in [5, 5.41) is 16.5. The molecule has 0 radical (unpaired) electrons. The lowest BCUT2D eigenvalue weighted by atomic mass is 9.77. The van der Waals surface area contributed by atoms with E-state index in [4.69, 9.17) is 0 Å². The van der Waals surface area contributed by atoms with Crippen molar-refractivity contribution in [1.29, 1.82) is 0 Å². The van der Waals surface area contributed by atoms with Crippen molar-refractivity contribution in [2.24, 2.45) is 11.8 Å². The summed E-state index contributed by atoms with van der Waals surface area (Å²) in [6.45, 7) is 7.55. The maximum absolute atomic E-state index is 12.8. The molecule has 0 bridgehead atoms. The molecule has 1 unspecified atom stereocenters. The van der Waals surface area contributed by atoms with Gasteiger partial charge in [0.05, 0.1) is 0 Å². The third-order valence-corrected chi connectivity index (χ3v) is 4.82. The van der Waals surface area contributed by atoms with E-state index in [2.05, 4.69) is 32.0 Å². The molecule has 1 heterocycles. The lowest BCUT2D eigenvalue weighted by molar-refractivity contribution is -0.138. The van der Waals surface area contributed by atoms with Crippen molar-refractivity contribution in [1.82, 2.24) is 15.8 Å². The Morgan fingerprint density at radius 1 is 1.12 bits per heavy atom. The topological polar surface area (TPSA) is 93.7 Å². The Morgan fingerprint density at radius 3 is 2.12 bits per heavy atom. The summed E-state index contributed by atoms with van der Waals surface area (Å²) in [5.74, 6) is -0.566. The number of imide groups is 1. The molecule has 3 amide bonds. The second-order valence-electron chi connectivity index (χ2n) is 6.43. The molecule has 0 aliphatic carbocycles. The zero-order valence-corrected chi connectivity index (χ0v) is 15.7. The number of aliphatic hydroxyl groups excluding tert-OH is 1. The number of hydrazine groups is 1. The highest BCUT2D eigenvalue weighted by molar-refractivity contribution is 9.10. The van der Waals surface area contributed by atoms with Gasteiger partial charge in [-0.05, 0) is 36.1 Å². The number of urea groups is 1. The molecule has 7 nitrogen and oxygen atoms in total. The summed E-state index contributed by atoms with van der Waals surface area (Å²) >= 11 is 3.33. The highest BCUT2D eigenvalue weighted by atomic mass is 79.9. The van der Waals surface area contributed by atoms with E-state index in [0.717, 1.165) is 9.48 Å². The van der Waals surface area contributed by atoms with Crippen molar-refractivity contribution in [3.63, 3.8) is 0 Å². The minimum atomic E-state index is -1.30. The summed E-state index contributed by atoms with van der Waals surface area (Å²) in [5.41, 5.74) is 2.17. The van der Waals surface area contributed by atoms with E-state index in [1.54, 1.807) is 12.1 Å². The largest absolute Gasteiger partial charge is 0.360 e. The van der Waals surface area contributed by atoms with Gasteiger partial charge < -0.3 is 15.7 Å². The second kappa shape index (κ2) is 7.08. The van der Waals surface area contributed by atoms with Crippen LogP contribution in [-0.2, 0) is 4.79 Å². The van der Waals surface area contributed by atoms with Gasteiger partial charge in [-0.15, -0.1) is 0 Å². The third kappa shape index (κ3) is 3.40. The molecular formula is C16H23BrN4O3. The Kier molecular flexibility index (Phi) is 5.52. The minimum absolute atomic E-state index is 0.0858. The van der Waals surface area contributed by atoms with Crippen LogP contribution in [0.2, 0.25) is 0 Å². The van der Waals surface area contributed by atoms with Crippen LogP contribution in [0.25, 0.3) is 0 Å². The van der Waals surface area contributed by atoms with Crippen molar-refractivity contribution >= 4 is 33.6 Å². The first-order valence-electron chi connectivity index (χ1n) is 7.81. The highest BCUT2D eigenvalue weighted by Crippen LogP contribution is 2.32. The molecule has 1 atom stereocenters. The molecule has 0 aromatic heterocycles. The fourth-order valence-electron chi connectivity index (χ4n) is 2.99. The summed E-state index contributed by atoms with van der Waals surface area (Å²) in [6.07, 6.45) is -1.30. The molecule has 1 aromatic carbocycles. The van der Waals surface area contributed by atoms with Crippen LogP contribution >= 0.6 is 15.9 Å². The summed E-state index contributed by atoms with van der Waals surface area (Å²) in [7, 11) is 0. The van der Waals surface area contributed by atoms with Gasteiger partial charge >= 0.3 is 6.03 Å². The monoisotopic (exact) mass is 398 g/mol. The number of nitrogens with zero attached hydrogens (tertiary/aromatic N) is 1. The number of nitrogens with one attached hydrogen (secondary N) is 3. The average Bonchev–Trinajstić information content (AvgIpc) is 2.75. The Bertz CT molecular complexity index is 610. The van der Waals surface area contributed by atoms with Crippen LogP contribution in [0.5, 0.6) is 0 Å². The van der Waals surface area contributed by atoms with Gasteiger partial charge in [-0.1, -0.05) is 43.6 Å². The van der Waals surface area contributed by atoms with Crippen LogP contribution < -0.4 is 16.1 Å². The average molecular weight is 399 g/mol. The van der Waals surface area contributed by atoms with E-state index >= 15 is 0 Å². The van der Waals surface area contributed by atoms with Crippen LogP contribution in [0.1, 0.15) is 27.7 Å². The smallest absolute Gasteiger partial charge is 0.340 e. The standard InChI is InChI=1S/C16H23BrN4O3/c1-9(2)16(10(3)4)13(22)21(15(24)19-16)20-14(23)18-12-7-5-11(17)6-8-12/h5-10,14,18,20,23H,1-4H3,(H,19,24). The molecule has 1 aromatic rings. The summed E-state index contributed by atoms with van der Waals surface area (Å²) in [4.78, 5) is 25.0. The van der Waals surface area contributed by atoms with Crippen molar-refractivity contribution < 1.29 is 14.7 Å². The van der Waals surface area contributed by atoms with E-state index in [-0.39, 0.29) is 11.8 Å². The van der Waals surface area contributed by atoms with Crippen molar-refractivity contribution in [2.75, 3.05) is 5.32 Å².